The van der Waals surface area contributed by atoms with Crippen LogP contribution in [-0.2, 0) is 19.1 Å². The Morgan fingerprint density at radius 1 is 1.21 bits per heavy atom. The standard InChI is InChI=1S/C22H19BrN2O6S2/c1-30-20(27)12-31-17-7-6-14(23)8-13(17)9-18-21(28)25(22(29)33-18)11-19(26)24-15-4-3-5-16(10-15)32-2/h3-10H,11-12H2,1-2H3,(H,24,26)/b18-9+. The highest BCUT2D eigenvalue weighted by atomic mass is 79.9. The van der Waals surface area contributed by atoms with Crippen molar-refractivity contribution >= 4 is 74.2 Å². The van der Waals surface area contributed by atoms with Gasteiger partial charge < -0.3 is 14.8 Å². The predicted molar refractivity (Wildman–Crippen MR) is 131 cm³/mol. The molecule has 33 heavy (non-hydrogen) atoms. The summed E-state index contributed by atoms with van der Waals surface area (Å²) < 4.78 is 10.8. The number of hydrogen-bond donors (Lipinski definition) is 1. The minimum absolute atomic E-state index is 0.137. The van der Waals surface area contributed by atoms with Crippen LogP contribution in [0.25, 0.3) is 6.08 Å². The maximum atomic E-state index is 12.8. The molecule has 172 valence electrons. The Morgan fingerprint density at radius 2 is 2.00 bits per heavy atom. The molecule has 11 heteroatoms. The molecule has 1 aliphatic rings. The van der Waals surface area contributed by atoms with Crippen molar-refractivity contribution in [2.75, 3.05) is 31.8 Å². The molecule has 0 atom stereocenters. The lowest BCUT2D eigenvalue weighted by atomic mass is 10.2. The van der Waals surface area contributed by atoms with E-state index in [1.165, 1.54) is 24.9 Å². The number of thioether (sulfide) groups is 2. The van der Waals surface area contributed by atoms with Gasteiger partial charge in [0.1, 0.15) is 12.3 Å². The van der Waals surface area contributed by atoms with Gasteiger partial charge in [-0.1, -0.05) is 22.0 Å². The largest absolute Gasteiger partial charge is 0.481 e. The molecule has 1 saturated heterocycles. The number of nitrogens with one attached hydrogen (secondary N) is 1. The fourth-order valence-corrected chi connectivity index (χ4v) is 4.45. The minimum atomic E-state index is -0.586. The van der Waals surface area contributed by atoms with E-state index in [0.717, 1.165) is 21.6 Å². The van der Waals surface area contributed by atoms with E-state index in [4.69, 9.17) is 4.74 Å². The Hall–Kier alpha value is -2.76. The van der Waals surface area contributed by atoms with Crippen LogP contribution in [0.2, 0.25) is 0 Å². The Morgan fingerprint density at radius 3 is 2.73 bits per heavy atom. The summed E-state index contributed by atoms with van der Waals surface area (Å²) in [5, 5.41) is 2.15. The van der Waals surface area contributed by atoms with E-state index >= 15 is 0 Å². The first kappa shape index (κ1) is 24.9. The summed E-state index contributed by atoms with van der Waals surface area (Å²) in [5.74, 6) is -1.29. The summed E-state index contributed by atoms with van der Waals surface area (Å²) in [6.45, 7) is -0.714. The third kappa shape index (κ3) is 6.62. The lowest BCUT2D eigenvalue weighted by Crippen LogP contribution is -2.36. The van der Waals surface area contributed by atoms with E-state index in [-0.39, 0.29) is 11.5 Å². The number of carbonyl (C=O) groups excluding carboxylic acids is 4. The lowest BCUT2D eigenvalue weighted by molar-refractivity contribution is -0.142. The number of amides is 3. The number of halogens is 1. The minimum Gasteiger partial charge on any atom is -0.481 e. The molecule has 0 radical (unpaired) electrons. The molecule has 2 aromatic rings. The topological polar surface area (TPSA) is 102 Å². The molecule has 1 heterocycles. The maximum absolute atomic E-state index is 12.8. The Bertz CT molecular complexity index is 1140. The van der Waals surface area contributed by atoms with Crippen LogP contribution in [0, 0.1) is 0 Å². The number of anilines is 1. The normalized spacial score (nSPS) is 14.5. The molecule has 0 unspecified atom stereocenters. The van der Waals surface area contributed by atoms with Crippen LogP contribution in [0.4, 0.5) is 10.5 Å². The van der Waals surface area contributed by atoms with E-state index in [9.17, 15) is 19.2 Å². The average molecular weight is 551 g/mol. The van der Waals surface area contributed by atoms with Crippen LogP contribution in [0.3, 0.4) is 0 Å². The zero-order valence-corrected chi connectivity index (χ0v) is 20.8. The van der Waals surface area contributed by atoms with Crippen LogP contribution in [0.15, 0.2) is 56.7 Å². The Labute approximate surface area is 207 Å². The van der Waals surface area contributed by atoms with Gasteiger partial charge >= 0.3 is 5.97 Å². The van der Waals surface area contributed by atoms with Gasteiger partial charge in [0, 0.05) is 20.6 Å². The highest BCUT2D eigenvalue weighted by Gasteiger charge is 2.36. The second-order valence-corrected chi connectivity index (χ2v) is 9.38. The van der Waals surface area contributed by atoms with Crippen LogP contribution in [0.5, 0.6) is 5.75 Å². The lowest BCUT2D eigenvalue weighted by Gasteiger charge is -2.13. The number of carbonyl (C=O) groups is 4. The van der Waals surface area contributed by atoms with Gasteiger partial charge in [-0.2, -0.15) is 0 Å². The number of esters is 1. The van der Waals surface area contributed by atoms with Crippen molar-refractivity contribution in [3.05, 3.63) is 57.4 Å². The first-order valence-electron chi connectivity index (χ1n) is 9.49. The van der Waals surface area contributed by atoms with Crippen molar-refractivity contribution in [3.63, 3.8) is 0 Å². The van der Waals surface area contributed by atoms with Gasteiger partial charge in [-0.15, -0.1) is 11.8 Å². The summed E-state index contributed by atoms with van der Waals surface area (Å²) in [6, 6.07) is 12.3. The third-order valence-electron chi connectivity index (χ3n) is 4.36. The molecule has 1 aliphatic heterocycles. The van der Waals surface area contributed by atoms with Gasteiger partial charge in [-0.25, -0.2) is 4.79 Å². The van der Waals surface area contributed by atoms with Crippen molar-refractivity contribution in [1.29, 1.82) is 0 Å². The van der Waals surface area contributed by atoms with Crippen molar-refractivity contribution in [2.24, 2.45) is 0 Å². The number of rotatable bonds is 8. The second-order valence-electron chi connectivity index (χ2n) is 6.59. The molecule has 0 spiro atoms. The molecule has 1 N–H and O–H groups in total. The van der Waals surface area contributed by atoms with Crippen LogP contribution >= 0.6 is 39.5 Å². The van der Waals surface area contributed by atoms with Crippen molar-refractivity contribution in [2.45, 2.75) is 4.90 Å². The van der Waals surface area contributed by atoms with Gasteiger partial charge in [0.05, 0.1) is 12.0 Å². The third-order valence-corrected chi connectivity index (χ3v) is 6.49. The molecule has 0 bridgehead atoms. The zero-order chi connectivity index (χ0) is 24.0. The number of hydrogen-bond acceptors (Lipinski definition) is 8. The smallest absolute Gasteiger partial charge is 0.343 e. The summed E-state index contributed by atoms with van der Waals surface area (Å²) >= 11 is 5.61. The molecular weight excluding hydrogens is 532 g/mol. The van der Waals surface area contributed by atoms with E-state index in [0.29, 0.717) is 21.5 Å². The summed E-state index contributed by atoms with van der Waals surface area (Å²) in [7, 11) is 1.25. The van der Waals surface area contributed by atoms with Crippen LogP contribution < -0.4 is 10.1 Å². The Balaban J connectivity index is 1.73. The van der Waals surface area contributed by atoms with Crippen LogP contribution in [-0.4, -0.2) is 54.4 Å². The van der Waals surface area contributed by atoms with E-state index in [1.54, 1.807) is 30.3 Å². The van der Waals surface area contributed by atoms with E-state index < -0.39 is 29.6 Å². The molecule has 2 aromatic carbocycles. The highest BCUT2D eigenvalue weighted by Crippen LogP contribution is 2.35. The molecule has 0 aliphatic carbocycles. The molecule has 1 fully saturated rings. The van der Waals surface area contributed by atoms with E-state index in [2.05, 4.69) is 26.0 Å². The van der Waals surface area contributed by atoms with Gasteiger partial charge in [0.25, 0.3) is 11.1 Å². The average Bonchev–Trinajstić information content (AvgIpc) is 3.05. The van der Waals surface area contributed by atoms with Gasteiger partial charge in [0.2, 0.25) is 5.91 Å². The second kappa shape index (κ2) is 11.4. The van der Waals surface area contributed by atoms with Crippen molar-refractivity contribution in [1.82, 2.24) is 4.90 Å². The first-order chi connectivity index (χ1) is 15.8. The number of imide groups is 1. The first-order valence-corrected chi connectivity index (χ1v) is 12.3. The molecule has 0 aromatic heterocycles. The van der Waals surface area contributed by atoms with Crippen molar-refractivity contribution in [3.8, 4) is 5.75 Å². The highest BCUT2D eigenvalue weighted by molar-refractivity contribution is 9.10. The fraction of sp³-hybridized carbons (Fsp3) is 0.182. The number of ether oxygens (including phenoxy) is 2. The molecular formula is C22H19BrN2O6S2. The molecule has 0 saturated carbocycles. The summed E-state index contributed by atoms with van der Waals surface area (Å²) in [5.41, 5.74) is 1.06. The van der Waals surface area contributed by atoms with Gasteiger partial charge in [-0.3, -0.25) is 19.3 Å². The molecule has 8 nitrogen and oxygen atoms in total. The molecule has 3 rings (SSSR count). The zero-order valence-electron chi connectivity index (χ0n) is 17.6. The van der Waals surface area contributed by atoms with E-state index in [1.807, 2.05) is 18.4 Å². The van der Waals surface area contributed by atoms with Gasteiger partial charge in [-0.05, 0) is 60.5 Å². The quantitative estimate of drug-likeness (QED) is 0.293. The van der Waals surface area contributed by atoms with Gasteiger partial charge in [0.15, 0.2) is 6.61 Å². The summed E-state index contributed by atoms with van der Waals surface area (Å²) in [4.78, 5) is 51.1. The Kier molecular flexibility index (Phi) is 8.59. The monoisotopic (exact) mass is 550 g/mol. The maximum Gasteiger partial charge on any atom is 0.343 e. The number of methoxy groups -OCH3 is 1. The van der Waals surface area contributed by atoms with Crippen LogP contribution in [0.1, 0.15) is 5.56 Å². The number of benzene rings is 2. The number of nitrogens with zero attached hydrogens (tertiary/aromatic N) is 1. The SMILES string of the molecule is COC(=O)COc1ccc(Br)cc1/C=C1/SC(=O)N(CC(=O)Nc2cccc(SC)c2)C1=O. The van der Waals surface area contributed by atoms with Crippen molar-refractivity contribution < 1.29 is 28.7 Å². The fourth-order valence-electron chi connectivity index (χ4n) is 2.78. The molecule has 3 amide bonds. The predicted octanol–water partition coefficient (Wildman–Crippen LogP) is 4.40. The summed E-state index contributed by atoms with van der Waals surface area (Å²) in [6.07, 6.45) is 3.41.